The third kappa shape index (κ3) is 4.60. The second kappa shape index (κ2) is 9.01. The monoisotopic (exact) mass is 390 g/mol. The highest BCUT2D eigenvalue weighted by Crippen LogP contribution is 2.17. The summed E-state index contributed by atoms with van der Waals surface area (Å²) in [5, 5.41) is 2.66. The molecule has 0 fully saturated rings. The highest BCUT2D eigenvalue weighted by molar-refractivity contribution is 6.07. The van der Waals surface area contributed by atoms with Gasteiger partial charge in [0.15, 0.2) is 0 Å². The van der Waals surface area contributed by atoms with Gasteiger partial charge in [0.2, 0.25) is 0 Å². The largest absolute Gasteiger partial charge is 0.462 e. The Bertz CT molecular complexity index is 1100. The zero-order valence-electron chi connectivity index (χ0n) is 16.3. The van der Waals surface area contributed by atoms with Crippen LogP contribution in [0.25, 0.3) is 0 Å². The van der Waals surface area contributed by atoms with E-state index < -0.39 is 17.4 Å². The van der Waals surface area contributed by atoms with Crippen LogP contribution in [0.2, 0.25) is 0 Å². The van der Waals surface area contributed by atoms with Crippen molar-refractivity contribution in [1.29, 1.82) is 0 Å². The quantitative estimate of drug-likeness (QED) is 0.652. The van der Waals surface area contributed by atoms with E-state index in [1.807, 2.05) is 31.2 Å². The minimum absolute atomic E-state index is 0.000235. The Labute approximate surface area is 168 Å². The van der Waals surface area contributed by atoms with Crippen molar-refractivity contribution in [3.8, 4) is 0 Å². The smallest absolute Gasteiger partial charge is 0.340 e. The standard InChI is InChI=1S/C23H22N2O4/c1-3-29-23(28)18-11-6-7-13-20(18)24-21(26)19-12-8-14-25(22(19)27)15-17-10-5-4-9-16(17)2/h4-14H,3,15H2,1-2H3,(H,24,26). The molecule has 6 heteroatoms. The van der Waals surface area contributed by atoms with Crippen LogP contribution in [0.1, 0.15) is 38.8 Å². The van der Waals surface area contributed by atoms with Gasteiger partial charge in [-0.3, -0.25) is 9.59 Å². The number of carbonyl (C=O) groups excluding carboxylic acids is 2. The molecule has 1 heterocycles. The fourth-order valence-corrected chi connectivity index (χ4v) is 2.97. The van der Waals surface area contributed by atoms with E-state index in [9.17, 15) is 14.4 Å². The van der Waals surface area contributed by atoms with Crippen LogP contribution < -0.4 is 10.9 Å². The van der Waals surface area contributed by atoms with E-state index in [1.165, 1.54) is 10.6 Å². The molecule has 0 aliphatic carbocycles. The van der Waals surface area contributed by atoms with Gasteiger partial charge in [0, 0.05) is 6.20 Å². The van der Waals surface area contributed by atoms with Crippen LogP contribution in [0.15, 0.2) is 71.7 Å². The second-order valence-corrected chi connectivity index (χ2v) is 6.50. The number of benzene rings is 2. The number of para-hydroxylation sites is 1. The van der Waals surface area contributed by atoms with Gasteiger partial charge in [0.05, 0.1) is 24.4 Å². The van der Waals surface area contributed by atoms with E-state index >= 15 is 0 Å². The summed E-state index contributed by atoms with van der Waals surface area (Å²) in [7, 11) is 0. The molecule has 1 amide bonds. The SMILES string of the molecule is CCOC(=O)c1ccccc1NC(=O)c1cccn(Cc2ccccc2C)c1=O. The second-order valence-electron chi connectivity index (χ2n) is 6.50. The minimum Gasteiger partial charge on any atom is -0.462 e. The molecule has 0 unspecified atom stereocenters. The summed E-state index contributed by atoms with van der Waals surface area (Å²) in [4.78, 5) is 37.7. The number of ether oxygens (including phenoxy) is 1. The first-order valence-electron chi connectivity index (χ1n) is 9.32. The topological polar surface area (TPSA) is 77.4 Å². The molecular weight excluding hydrogens is 368 g/mol. The molecule has 0 saturated carbocycles. The van der Waals surface area contributed by atoms with Gasteiger partial charge in [-0.2, -0.15) is 0 Å². The summed E-state index contributed by atoms with van der Waals surface area (Å²) in [5.41, 5.74) is 2.20. The fraction of sp³-hybridized carbons (Fsp3) is 0.174. The van der Waals surface area contributed by atoms with Gasteiger partial charge >= 0.3 is 5.97 Å². The Morgan fingerprint density at radius 2 is 1.66 bits per heavy atom. The van der Waals surface area contributed by atoms with E-state index in [-0.39, 0.29) is 17.7 Å². The van der Waals surface area contributed by atoms with Crippen LogP contribution in [-0.4, -0.2) is 23.1 Å². The van der Waals surface area contributed by atoms with Gasteiger partial charge < -0.3 is 14.6 Å². The number of esters is 1. The lowest BCUT2D eigenvalue weighted by molar-refractivity contribution is 0.0527. The highest BCUT2D eigenvalue weighted by Gasteiger charge is 2.17. The molecule has 0 saturated heterocycles. The van der Waals surface area contributed by atoms with Crippen molar-refractivity contribution in [2.75, 3.05) is 11.9 Å². The van der Waals surface area contributed by atoms with Crippen molar-refractivity contribution in [2.45, 2.75) is 20.4 Å². The van der Waals surface area contributed by atoms with E-state index in [1.54, 1.807) is 43.5 Å². The van der Waals surface area contributed by atoms with E-state index in [4.69, 9.17) is 4.74 Å². The number of carbonyl (C=O) groups is 2. The predicted octanol–water partition coefficient (Wildman–Crippen LogP) is 3.63. The molecule has 1 aromatic heterocycles. The van der Waals surface area contributed by atoms with Crippen LogP contribution in [0.5, 0.6) is 0 Å². The van der Waals surface area contributed by atoms with Gasteiger partial charge in [0.1, 0.15) is 5.56 Å². The molecule has 0 aliphatic heterocycles. The van der Waals surface area contributed by atoms with Gasteiger partial charge in [-0.1, -0.05) is 36.4 Å². The Hall–Kier alpha value is -3.67. The lowest BCUT2D eigenvalue weighted by atomic mass is 10.1. The van der Waals surface area contributed by atoms with E-state index in [0.29, 0.717) is 12.2 Å². The van der Waals surface area contributed by atoms with E-state index in [0.717, 1.165) is 11.1 Å². The Balaban J connectivity index is 1.87. The van der Waals surface area contributed by atoms with E-state index in [2.05, 4.69) is 5.32 Å². The molecule has 0 aliphatic rings. The van der Waals surface area contributed by atoms with Crippen molar-refractivity contribution in [3.63, 3.8) is 0 Å². The number of amides is 1. The maximum absolute atomic E-state index is 12.8. The Morgan fingerprint density at radius 3 is 2.41 bits per heavy atom. The number of pyridine rings is 1. The van der Waals surface area contributed by atoms with Gasteiger partial charge in [0.25, 0.3) is 11.5 Å². The number of aryl methyl sites for hydroxylation is 1. The first kappa shape index (κ1) is 20.1. The first-order chi connectivity index (χ1) is 14.0. The zero-order chi connectivity index (χ0) is 20.8. The molecule has 3 aromatic rings. The average molecular weight is 390 g/mol. The maximum Gasteiger partial charge on any atom is 0.340 e. The Morgan fingerprint density at radius 1 is 0.966 bits per heavy atom. The first-order valence-corrected chi connectivity index (χ1v) is 9.32. The summed E-state index contributed by atoms with van der Waals surface area (Å²) in [6, 6.07) is 17.4. The minimum atomic E-state index is -0.578. The summed E-state index contributed by atoms with van der Waals surface area (Å²) in [6.07, 6.45) is 1.65. The van der Waals surface area contributed by atoms with Gasteiger partial charge in [-0.15, -0.1) is 0 Å². The number of hydrogen-bond acceptors (Lipinski definition) is 4. The summed E-state index contributed by atoms with van der Waals surface area (Å²) >= 11 is 0. The number of anilines is 1. The molecule has 0 bridgehead atoms. The fourth-order valence-electron chi connectivity index (χ4n) is 2.97. The molecule has 148 valence electrons. The third-order valence-corrected chi connectivity index (χ3v) is 4.54. The summed E-state index contributed by atoms with van der Waals surface area (Å²) < 4.78 is 6.51. The number of aromatic nitrogens is 1. The van der Waals surface area contributed by atoms with Crippen LogP contribution in [0, 0.1) is 6.92 Å². The predicted molar refractivity (Wildman–Crippen MR) is 111 cm³/mol. The van der Waals surface area contributed by atoms with Crippen LogP contribution in [-0.2, 0) is 11.3 Å². The Kier molecular flexibility index (Phi) is 6.24. The number of hydrogen-bond donors (Lipinski definition) is 1. The third-order valence-electron chi connectivity index (χ3n) is 4.54. The zero-order valence-corrected chi connectivity index (χ0v) is 16.3. The molecule has 29 heavy (non-hydrogen) atoms. The van der Waals surface area contributed by atoms with Crippen LogP contribution >= 0.6 is 0 Å². The molecule has 0 spiro atoms. The van der Waals surface area contributed by atoms with Crippen molar-refractivity contribution in [2.24, 2.45) is 0 Å². The van der Waals surface area contributed by atoms with Gasteiger partial charge in [-0.05, 0) is 49.2 Å². The van der Waals surface area contributed by atoms with Crippen molar-refractivity contribution >= 4 is 17.6 Å². The van der Waals surface area contributed by atoms with Crippen molar-refractivity contribution in [3.05, 3.63) is 99.5 Å². The van der Waals surface area contributed by atoms with Gasteiger partial charge in [-0.25, -0.2) is 4.79 Å². The average Bonchev–Trinajstić information content (AvgIpc) is 2.71. The number of nitrogens with one attached hydrogen (secondary N) is 1. The molecule has 1 N–H and O–H groups in total. The highest BCUT2D eigenvalue weighted by atomic mass is 16.5. The molecule has 0 atom stereocenters. The lowest BCUT2D eigenvalue weighted by Crippen LogP contribution is -2.29. The number of rotatable bonds is 6. The lowest BCUT2D eigenvalue weighted by Gasteiger charge is -2.12. The van der Waals surface area contributed by atoms with Crippen molar-refractivity contribution < 1.29 is 14.3 Å². The van der Waals surface area contributed by atoms with Crippen LogP contribution in [0.4, 0.5) is 5.69 Å². The maximum atomic E-state index is 12.8. The number of nitrogens with zero attached hydrogens (tertiary/aromatic N) is 1. The molecule has 2 aromatic carbocycles. The van der Waals surface area contributed by atoms with Crippen LogP contribution in [0.3, 0.4) is 0 Å². The summed E-state index contributed by atoms with van der Waals surface area (Å²) in [5.74, 6) is -1.11. The molecule has 0 radical (unpaired) electrons. The summed E-state index contributed by atoms with van der Waals surface area (Å²) in [6.45, 7) is 4.28. The normalized spacial score (nSPS) is 10.4. The molecule has 3 rings (SSSR count). The van der Waals surface area contributed by atoms with Crippen molar-refractivity contribution in [1.82, 2.24) is 4.57 Å². The molecular formula is C23H22N2O4. The molecule has 6 nitrogen and oxygen atoms in total.